The number of nitrogens with one attached hydrogen (secondary N) is 1. The van der Waals surface area contributed by atoms with Gasteiger partial charge in [-0.25, -0.2) is 9.48 Å². The molecule has 4 aromatic rings. The van der Waals surface area contributed by atoms with E-state index in [0.29, 0.717) is 19.5 Å². The standard InChI is InChI=1S/C27H30N4O3/c1-17-7-6-8-23(33-5)24(17)31-25(19-9-10-21-18(15-19)11-13-28-21)20-16-30(14-12-22(20)29-31)26(32)34-27(2,3)4/h6-11,13,15,28H,12,14,16H2,1-5H3. The number of nitrogens with zero attached hydrogens (tertiary/aromatic N) is 3. The van der Waals surface area contributed by atoms with Crippen molar-refractivity contribution in [2.45, 2.75) is 46.3 Å². The lowest BCUT2D eigenvalue weighted by molar-refractivity contribution is 0.0224. The van der Waals surface area contributed by atoms with Gasteiger partial charge in [0.25, 0.3) is 0 Å². The highest BCUT2D eigenvalue weighted by Gasteiger charge is 2.31. The van der Waals surface area contributed by atoms with E-state index in [1.54, 1.807) is 12.0 Å². The summed E-state index contributed by atoms with van der Waals surface area (Å²) >= 11 is 0. The Balaban J connectivity index is 1.68. The second-order valence-electron chi connectivity index (χ2n) is 9.74. The third-order valence-corrected chi connectivity index (χ3v) is 6.15. The number of ether oxygens (including phenoxy) is 2. The van der Waals surface area contributed by atoms with Crippen LogP contribution in [0.25, 0.3) is 27.8 Å². The molecule has 1 amide bonds. The first-order valence-electron chi connectivity index (χ1n) is 11.6. The van der Waals surface area contributed by atoms with Crippen LogP contribution in [0.15, 0.2) is 48.7 Å². The molecule has 1 aliphatic heterocycles. The van der Waals surface area contributed by atoms with Gasteiger partial charge in [0.2, 0.25) is 0 Å². The predicted molar refractivity (Wildman–Crippen MR) is 132 cm³/mol. The zero-order valence-electron chi connectivity index (χ0n) is 20.3. The second kappa shape index (κ2) is 8.24. The van der Waals surface area contributed by atoms with Gasteiger partial charge in [0.05, 0.1) is 25.0 Å². The van der Waals surface area contributed by atoms with Gasteiger partial charge in [0.15, 0.2) is 0 Å². The molecule has 7 heteroatoms. The Morgan fingerprint density at radius 2 is 1.97 bits per heavy atom. The van der Waals surface area contributed by atoms with Crippen LogP contribution >= 0.6 is 0 Å². The molecule has 1 N–H and O–H groups in total. The minimum absolute atomic E-state index is 0.300. The van der Waals surface area contributed by atoms with Crippen molar-refractivity contribution < 1.29 is 14.3 Å². The lowest BCUT2D eigenvalue weighted by Crippen LogP contribution is -2.39. The molecule has 0 saturated carbocycles. The number of hydrogen-bond donors (Lipinski definition) is 1. The van der Waals surface area contributed by atoms with Crippen LogP contribution in [0.4, 0.5) is 4.79 Å². The van der Waals surface area contributed by atoms with Gasteiger partial charge in [-0.05, 0) is 57.5 Å². The van der Waals surface area contributed by atoms with E-state index in [1.807, 2.05) is 43.8 Å². The number of aryl methyl sites for hydroxylation is 1. The zero-order valence-corrected chi connectivity index (χ0v) is 20.3. The molecule has 0 saturated heterocycles. The molecular weight excluding hydrogens is 428 g/mol. The topological polar surface area (TPSA) is 72.4 Å². The van der Waals surface area contributed by atoms with Gasteiger partial charge in [0.1, 0.15) is 17.0 Å². The van der Waals surface area contributed by atoms with E-state index in [9.17, 15) is 4.79 Å². The van der Waals surface area contributed by atoms with E-state index in [2.05, 4.69) is 42.2 Å². The molecule has 176 valence electrons. The van der Waals surface area contributed by atoms with Crippen molar-refractivity contribution in [1.29, 1.82) is 0 Å². The average molecular weight is 459 g/mol. The normalized spacial score (nSPS) is 13.7. The summed E-state index contributed by atoms with van der Waals surface area (Å²) in [5, 5.41) is 6.17. The Kier molecular flexibility index (Phi) is 5.35. The summed E-state index contributed by atoms with van der Waals surface area (Å²) in [7, 11) is 1.68. The number of carbonyl (C=O) groups excluding carboxylic acids is 1. The van der Waals surface area contributed by atoms with Crippen LogP contribution in [0, 0.1) is 6.92 Å². The van der Waals surface area contributed by atoms with Gasteiger partial charge in [-0.15, -0.1) is 0 Å². The number of carbonyl (C=O) groups is 1. The van der Waals surface area contributed by atoms with Crippen molar-refractivity contribution in [2.24, 2.45) is 0 Å². The molecule has 2 aromatic heterocycles. The van der Waals surface area contributed by atoms with Gasteiger partial charge in [0, 0.05) is 41.2 Å². The number of para-hydroxylation sites is 1. The Morgan fingerprint density at radius 1 is 1.15 bits per heavy atom. The number of aromatic amines is 1. The van der Waals surface area contributed by atoms with Crippen LogP contribution in [0.5, 0.6) is 5.75 Å². The number of hydrogen-bond acceptors (Lipinski definition) is 4. The van der Waals surface area contributed by atoms with Crippen molar-refractivity contribution in [3.8, 4) is 22.7 Å². The molecule has 0 radical (unpaired) electrons. The Labute approximate surface area is 199 Å². The molecule has 0 aliphatic carbocycles. The van der Waals surface area contributed by atoms with Crippen LogP contribution in [0.2, 0.25) is 0 Å². The highest BCUT2D eigenvalue weighted by molar-refractivity contribution is 5.86. The van der Waals surface area contributed by atoms with Crippen molar-refractivity contribution >= 4 is 17.0 Å². The van der Waals surface area contributed by atoms with Crippen LogP contribution in [0.3, 0.4) is 0 Å². The summed E-state index contributed by atoms with van der Waals surface area (Å²) in [4.78, 5) is 17.9. The maximum Gasteiger partial charge on any atom is 0.410 e. The molecule has 0 unspecified atom stereocenters. The predicted octanol–water partition coefficient (Wildman–Crippen LogP) is 5.63. The lowest BCUT2D eigenvalue weighted by Gasteiger charge is -2.30. The van der Waals surface area contributed by atoms with Gasteiger partial charge in [-0.2, -0.15) is 5.10 Å². The van der Waals surface area contributed by atoms with E-state index in [1.165, 1.54) is 0 Å². The monoisotopic (exact) mass is 458 g/mol. The fraction of sp³-hybridized carbons (Fsp3) is 0.333. The fourth-order valence-electron chi connectivity index (χ4n) is 4.58. The van der Waals surface area contributed by atoms with Crippen molar-refractivity contribution in [3.63, 3.8) is 0 Å². The number of fused-ring (bicyclic) bond motifs is 2. The van der Waals surface area contributed by atoms with Crippen molar-refractivity contribution in [3.05, 3.63) is 65.5 Å². The van der Waals surface area contributed by atoms with E-state index in [0.717, 1.165) is 50.4 Å². The number of benzene rings is 2. The minimum Gasteiger partial charge on any atom is -0.494 e. The third kappa shape index (κ3) is 3.91. The molecule has 5 rings (SSSR count). The molecular formula is C27H30N4O3. The molecule has 2 aromatic carbocycles. The highest BCUT2D eigenvalue weighted by Crippen LogP contribution is 2.37. The fourth-order valence-corrected chi connectivity index (χ4v) is 4.58. The van der Waals surface area contributed by atoms with E-state index < -0.39 is 5.60 Å². The van der Waals surface area contributed by atoms with Gasteiger partial charge >= 0.3 is 6.09 Å². The zero-order chi connectivity index (χ0) is 24.0. The van der Waals surface area contributed by atoms with Crippen LogP contribution in [-0.2, 0) is 17.7 Å². The number of amides is 1. The third-order valence-electron chi connectivity index (χ3n) is 6.15. The Hall–Kier alpha value is -3.74. The summed E-state index contributed by atoms with van der Waals surface area (Å²) in [5.41, 5.74) is 6.55. The summed E-state index contributed by atoms with van der Waals surface area (Å²) in [6.07, 6.45) is 2.30. The van der Waals surface area contributed by atoms with E-state index >= 15 is 0 Å². The van der Waals surface area contributed by atoms with Crippen molar-refractivity contribution in [2.75, 3.05) is 13.7 Å². The molecule has 0 spiro atoms. The summed E-state index contributed by atoms with van der Waals surface area (Å²) in [5.74, 6) is 0.757. The Bertz CT molecular complexity index is 1380. The number of aromatic nitrogens is 3. The van der Waals surface area contributed by atoms with Crippen LogP contribution in [-0.4, -0.2) is 45.0 Å². The highest BCUT2D eigenvalue weighted by atomic mass is 16.6. The molecule has 0 atom stereocenters. The van der Waals surface area contributed by atoms with Crippen LogP contribution < -0.4 is 4.74 Å². The first-order valence-corrected chi connectivity index (χ1v) is 11.6. The maximum absolute atomic E-state index is 12.9. The quantitative estimate of drug-likeness (QED) is 0.432. The minimum atomic E-state index is -0.543. The molecule has 0 bridgehead atoms. The number of rotatable bonds is 3. The molecule has 34 heavy (non-hydrogen) atoms. The second-order valence-corrected chi connectivity index (χ2v) is 9.74. The van der Waals surface area contributed by atoms with Gasteiger partial charge in [-0.3, -0.25) is 0 Å². The average Bonchev–Trinajstić information content (AvgIpc) is 3.40. The van der Waals surface area contributed by atoms with E-state index in [4.69, 9.17) is 14.6 Å². The smallest absolute Gasteiger partial charge is 0.410 e. The molecule has 7 nitrogen and oxygen atoms in total. The SMILES string of the molecule is COc1cccc(C)c1-n1nc2c(c1-c1ccc3[nH]ccc3c1)CN(C(=O)OC(C)(C)C)CC2. The lowest BCUT2D eigenvalue weighted by atomic mass is 9.99. The summed E-state index contributed by atoms with van der Waals surface area (Å²) in [6, 6.07) is 14.4. The van der Waals surface area contributed by atoms with Crippen LogP contribution in [0.1, 0.15) is 37.6 Å². The number of H-pyrrole nitrogens is 1. The first kappa shape index (κ1) is 22.1. The molecule has 1 aliphatic rings. The van der Waals surface area contributed by atoms with E-state index in [-0.39, 0.29) is 6.09 Å². The molecule has 3 heterocycles. The first-order chi connectivity index (χ1) is 16.2. The molecule has 0 fully saturated rings. The van der Waals surface area contributed by atoms with Gasteiger partial charge < -0.3 is 19.4 Å². The van der Waals surface area contributed by atoms with Gasteiger partial charge in [-0.1, -0.05) is 18.2 Å². The maximum atomic E-state index is 12.9. The number of methoxy groups -OCH3 is 1. The summed E-state index contributed by atoms with van der Waals surface area (Å²) in [6.45, 7) is 8.74. The summed E-state index contributed by atoms with van der Waals surface area (Å²) < 4.78 is 13.4. The van der Waals surface area contributed by atoms with Crippen molar-refractivity contribution in [1.82, 2.24) is 19.7 Å². The largest absolute Gasteiger partial charge is 0.494 e. The Morgan fingerprint density at radius 3 is 2.74 bits per heavy atom.